The number of carboxylic acid groups (broad SMARTS) is 1. The molecule has 2 saturated heterocycles. The van der Waals surface area contributed by atoms with E-state index < -0.39 is 29.2 Å². The van der Waals surface area contributed by atoms with Gasteiger partial charge in [-0.05, 0) is 49.3 Å². The molecule has 0 spiro atoms. The van der Waals surface area contributed by atoms with E-state index in [9.17, 15) is 29.4 Å². The van der Waals surface area contributed by atoms with Gasteiger partial charge in [0, 0.05) is 23.6 Å². The van der Waals surface area contributed by atoms with E-state index in [4.69, 9.17) is 0 Å². The maximum atomic E-state index is 13.2. The number of fused-ring (bicyclic) bond motifs is 2. The molecule has 3 amide bonds. The van der Waals surface area contributed by atoms with Crippen LogP contribution in [-0.4, -0.2) is 87.9 Å². The van der Waals surface area contributed by atoms with Gasteiger partial charge in [-0.1, -0.05) is 11.8 Å². The Labute approximate surface area is 230 Å². The molecule has 15 heteroatoms. The molecule has 0 radical (unpaired) electrons. The first kappa shape index (κ1) is 25.8. The minimum absolute atomic E-state index is 0.0199. The summed E-state index contributed by atoms with van der Waals surface area (Å²) in [6.45, 7) is 1.97. The number of aromatic nitrogens is 4. The maximum absolute atomic E-state index is 13.2. The fraction of sp³-hybridized carbons (Fsp3) is 0.458. The Bertz CT molecular complexity index is 1500. The quantitative estimate of drug-likeness (QED) is 0.145. The molecular formula is C24H25N7O6S2. The highest BCUT2D eigenvalue weighted by Crippen LogP contribution is 2.49. The molecule has 2 aromatic heterocycles. The molecule has 13 nitrogen and oxygen atoms in total. The molecule has 4 N–H and O–H groups in total. The predicted octanol–water partition coefficient (Wildman–Crippen LogP) is -0.0178. The van der Waals surface area contributed by atoms with Crippen LogP contribution >= 0.6 is 23.5 Å². The summed E-state index contributed by atoms with van der Waals surface area (Å²) in [4.78, 5) is 60.5. The number of hydrogen-bond donors (Lipinski definition) is 4. The van der Waals surface area contributed by atoms with Crippen LogP contribution in [0.1, 0.15) is 30.8 Å². The molecule has 5 heterocycles. The number of carboxylic acids is 1. The zero-order valence-corrected chi connectivity index (χ0v) is 22.5. The second kappa shape index (κ2) is 9.95. The van der Waals surface area contributed by atoms with Gasteiger partial charge in [0.15, 0.2) is 5.82 Å². The van der Waals surface area contributed by atoms with Crippen molar-refractivity contribution in [2.75, 3.05) is 18.1 Å². The van der Waals surface area contributed by atoms with Crippen LogP contribution < -0.4 is 10.6 Å². The fourth-order valence-electron chi connectivity index (χ4n) is 5.17. The van der Waals surface area contributed by atoms with Crippen LogP contribution in [0, 0.1) is 12.8 Å². The Kier molecular flexibility index (Phi) is 6.59. The summed E-state index contributed by atoms with van der Waals surface area (Å²) in [6, 6.07) is 0.896. The van der Waals surface area contributed by atoms with Crippen LogP contribution in [0.15, 0.2) is 33.5 Å². The van der Waals surface area contributed by atoms with Crippen molar-refractivity contribution in [2.24, 2.45) is 5.92 Å². The number of hydrogen-bond acceptors (Lipinski definition) is 10. The van der Waals surface area contributed by atoms with Crippen LogP contribution in [0.4, 0.5) is 0 Å². The van der Waals surface area contributed by atoms with Gasteiger partial charge in [0.25, 0.3) is 11.7 Å². The first-order chi connectivity index (χ1) is 18.8. The average Bonchev–Trinajstić information content (AvgIpc) is 3.52. The molecule has 39 heavy (non-hydrogen) atoms. The third-order valence-corrected chi connectivity index (χ3v) is 9.27. The van der Waals surface area contributed by atoms with Crippen LogP contribution in [-0.2, 0) is 25.8 Å². The van der Waals surface area contributed by atoms with E-state index in [-0.39, 0.29) is 35.7 Å². The third kappa shape index (κ3) is 4.57. The van der Waals surface area contributed by atoms with Crippen molar-refractivity contribution in [3.8, 4) is 0 Å². The number of thioether (sulfide) groups is 2. The maximum Gasteiger partial charge on any atom is 0.352 e. The number of rotatable bonds is 8. The largest absolute Gasteiger partial charge is 0.477 e. The summed E-state index contributed by atoms with van der Waals surface area (Å²) in [5.74, 6) is -1.28. The number of nitrogens with one attached hydrogen (secondary N) is 2. The highest BCUT2D eigenvalue weighted by molar-refractivity contribution is 8.00. The van der Waals surface area contributed by atoms with E-state index in [1.54, 1.807) is 13.0 Å². The summed E-state index contributed by atoms with van der Waals surface area (Å²) in [5.41, 5.74) is 2.53. The first-order valence-corrected chi connectivity index (χ1v) is 14.5. The number of β-lactam (4-membered cyclic amide) rings is 1. The molecule has 0 aromatic carbocycles. The molecule has 3 aliphatic heterocycles. The van der Waals surface area contributed by atoms with Crippen molar-refractivity contribution in [1.82, 2.24) is 35.1 Å². The lowest BCUT2D eigenvalue weighted by Crippen LogP contribution is -2.70. The van der Waals surface area contributed by atoms with Gasteiger partial charge < -0.3 is 20.8 Å². The number of aliphatic hydroxyl groups excluding tert-OH is 1. The number of aryl methyl sites for hydroxylation is 1. The van der Waals surface area contributed by atoms with E-state index in [0.29, 0.717) is 46.4 Å². The zero-order chi connectivity index (χ0) is 27.4. The molecule has 0 bridgehead atoms. The summed E-state index contributed by atoms with van der Waals surface area (Å²) in [6.07, 6.45) is 2.32. The van der Waals surface area contributed by atoms with Crippen molar-refractivity contribution < 1.29 is 29.4 Å². The van der Waals surface area contributed by atoms with E-state index in [1.807, 2.05) is 0 Å². The monoisotopic (exact) mass is 571 g/mol. The number of amides is 3. The fourth-order valence-corrected chi connectivity index (χ4v) is 7.40. The summed E-state index contributed by atoms with van der Waals surface area (Å²) in [7, 11) is 0. The van der Waals surface area contributed by atoms with Gasteiger partial charge in [-0.25, -0.2) is 9.78 Å². The van der Waals surface area contributed by atoms with Crippen molar-refractivity contribution in [2.45, 2.75) is 49.2 Å². The lowest BCUT2D eigenvalue weighted by atomic mass is 9.91. The van der Waals surface area contributed by atoms with Crippen LogP contribution in [0.5, 0.6) is 0 Å². The van der Waals surface area contributed by atoms with Crippen molar-refractivity contribution in [3.63, 3.8) is 0 Å². The molecule has 2 atom stereocenters. The lowest BCUT2D eigenvalue weighted by molar-refractivity contribution is -0.150. The molecule has 0 unspecified atom stereocenters. The van der Waals surface area contributed by atoms with E-state index in [2.05, 4.69) is 25.7 Å². The molecule has 1 aliphatic carbocycles. The summed E-state index contributed by atoms with van der Waals surface area (Å²) >= 11 is 2.58. The van der Waals surface area contributed by atoms with Gasteiger partial charge >= 0.3 is 5.97 Å². The van der Waals surface area contributed by atoms with Gasteiger partial charge in [-0.2, -0.15) is 9.50 Å². The number of carbonyl (C=O) groups excluding carboxylic acids is 3. The Morgan fingerprint density at radius 3 is 2.74 bits per heavy atom. The smallest absolute Gasteiger partial charge is 0.352 e. The minimum Gasteiger partial charge on any atom is -0.477 e. The molecule has 4 aliphatic rings. The highest BCUT2D eigenvalue weighted by atomic mass is 32.2. The molecule has 6 rings (SSSR count). The van der Waals surface area contributed by atoms with E-state index in [0.717, 1.165) is 18.4 Å². The van der Waals surface area contributed by atoms with E-state index in [1.165, 1.54) is 32.9 Å². The Balaban J connectivity index is 1.18. The highest BCUT2D eigenvalue weighted by Gasteiger charge is 2.55. The van der Waals surface area contributed by atoms with Crippen LogP contribution in [0.25, 0.3) is 5.78 Å². The number of carbonyl (C=O) groups is 4. The Morgan fingerprint density at radius 2 is 2.08 bits per heavy atom. The summed E-state index contributed by atoms with van der Waals surface area (Å²) < 4.78 is 1.45. The van der Waals surface area contributed by atoms with Gasteiger partial charge in [0.2, 0.25) is 11.8 Å². The van der Waals surface area contributed by atoms with E-state index >= 15 is 0 Å². The normalized spacial score (nSPS) is 24.0. The average molecular weight is 572 g/mol. The van der Waals surface area contributed by atoms with Crippen LogP contribution in [0.2, 0.25) is 0 Å². The molecule has 1 saturated carbocycles. The Morgan fingerprint density at radius 1 is 1.28 bits per heavy atom. The number of allylic oxidation sites excluding steroid dienone is 1. The van der Waals surface area contributed by atoms with Gasteiger partial charge in [-0.3, -0.25) is 19.3 Å². The molecule has 3 fully saturated rings. The second-order valence-electron chi connectivity index (χ2n) is 9.68. The zero-order valence-electron chi connectivity index (χ0n) is 20.8. The third-order valence-electron chi connectivity index (χ3n) is 7.00. The molecular weight excluding hydrogens is 546 g/mol. The Hall–Kier alpha value is -3.43. The lowest BCUT2D eigenvalue weighted by Gasteiger charge is -2.49. The molecule has 204 valence electrons. The standard InChI is InChI=1S/C24H25N7O6S2/c1-10-6-16(31-24(26-10)27-14(7-32)29-31)38-9-15(33)28-18-21(35)30-19(23(36)37)13(8-39-22(18)30)17(11-2-3-11)12-4-5-25-20(12)34/h6,11,18,22,32H,2-5,7-9H2,1H3,(H,25,34)(H,28,33)(H,36,37)/t18-,22-/m1/s1. The van der Waals surface area contributed by atoms with Gasteiger partial charge in [0.1, 0.15) is 28.7 Å². The predicted molar refractivity (Wildman–Crippen MR) is 139 cm³/mol. The number of aliphatic hydroxyl groups is 1. The van der Waals surface area contributed by atoms with Crippen LogP contribution in [0.3, 0.4) is 0 Å². The minimum atomic E-state index is -1.21. The van der Waals surface area contributed by atoms with Gasteiger partial charge in [-0.15, -0.1) is 16.9 Å². The van der Waals surface area contributed by atoms with Crippen molar-refractivity contribution >= 4 is 53.0 Å². The van der Waals surface area contributed by atoms with Crippen molar-refractivity contribution in [3.05, 3.63) is 40.0 Å². The van der Waals surface area contributed by atoms with Crippen molar-refractivity contribution in [1.29, 1.82) is 0 Å². The topological polar surface area (TPSA) is 179 Å². The first-order valence-electron chi connectivity index (χ1n) is 12.5. The SMILES string of the molecule is Cc1cc(SCC(=O)N[C@@H]2C(=O)N3C(C(=O)O)=C(C(=C4CCNC4=O)C4CC4)CS[C@H]23)n2nc(CO)nc2n1. The molecule has 2 aromatic rings. The van der Waals surface area contributed by atoms with Gasteiger partial charge in [0.05, 0.1) is 5.75 Å². The second-order valence-corrected chi connectivity index (χ2v) is 11.8. The number of nitrogens with zero attached hydrogens (tertiary/aromatic N) is 5. The summed E-state index contributed by atoms with van der Waals surface area (Å²) in [5, 5.41) is 29.2. The number of aliphatic carboxylic acids is 1.